The van der Waals surface area contributed by atoms with Gasteiger partial charge in [-0.05, 0) is 48.2 Å². The fourth-order valence-corrected chi connectivity index (χ4v) is 4.97. The second-order valence-electron chi connectivity index (χ2n) is 8.50. The highest BCUT2D eigenvalue weighted by Crippen LogP contribution is 2.45. The molecular weight excluding hydrogens is 370 g/mol. The first-order chi connectivity index (χ1) is 14.7. The minimum Gasteiger partial charge on any atom is -0.496 e. The molecule has 0 aliphatic carbocycles. The summed E-state index contributed by atoms with van der Waals surface area (Å²) in [7, 11) is 1.75. The number of ether oxygens (including phenoxy) is 1. The molecular formula is C26H29N3O. The van der Waals surface area contributed by atoms with E-state index in [1.165, 1.54) is 33.5 Å². The van der Waals surface area contributed by atoms with Crippen LogP contribution in [0.2, 0.25) is 0 Å². The van der Waals surface area contributed by atoms with Crippen LogP contribution in [0.15, 0.2) is 66.7 Å². The molecule has 3 aromatic rings. The predicted octanol–water partition coefficient (Wildman–Crippen LogP) is 4.84. The van der Waals surface area contributed by atoms with Gasteiger partial charge in [0.25, 0.3) is 0 Å². The topological polar surface area (TPSA) is 36.5 Å². The first-order valence-electron chi connectivity index (χ1n) is 10.7. The van der Waals surface area contributed by atoms with Gasteiger partial charge in [0, 0.05) is 30.3 Å². The first-order valence-corrected chi connectivity index (χ1v) is 10.7. The zero-order chi connectivity index (χ0) is 20.7. The molecule has 3 atom stereocenters. The van der Waals surface area contributed by atoms with Crippen molar-refractivity contribution in [3.63, 3.8) is 0 Å². The number of para-hydroxylation sites is 2. The molecule has 30 heavy (non-hydrogen) atoms. The van der Waals surface area contributed by atoms with E-state index in [9.17, 15) is 0 Å². The molecule has 5 rings (SSSR count). The van der Waals surface area contributed by atoms with E-state index in [2.05, 4.69) is 84.2 Å². The van der Waals surface area contributed by atoms with Crippen LogP contribution in [0.1, 0.15) is 39.9 Å². The normalized spacial score (nSPS) is 22.5. The summed E-state index contributed by atoms with van der Waals surface area (Å²) in [5.41, 5.74) is 15.1. The maximum absolute atomic E-state index is 5.62. The molecule has 0 amide bonds. The first kappa shape index (κ1) is 19.2. The Morgan fingerprint density at radius 1 is 0.900 bits per heavy atom. The van der Waals surface area contributed by atoms with Gasteiger partial charge in [0.1, 0.15) is 5.75 Å². The predicted molar refractivity (Wildman–Crippen MR) is 122 cm³/mol. The number of nitrogens with zero attached hydrogens (tertiary/aromatic N) is 1. The number of aryl methyl sites for hydroxylation is 2. The number of hydrogen-bond donors (Lipinski definition) is 2. The molecule has 0 bridgehead atoms. The highest BCUT2D eigenvalue weighted by molar-refractivity contribution is 5.59. The maximum Gasteiger partial charge on any atom is 0.123 e. The summed E-state index contributed by atoms with van der Waals surface area (Å²) in [6.07, 6.45) is 0. The van der Waals surface area contributed by atoms with Gasteiger partial charge in [0.05, 0.1) is 19.2 Å². The van der Waals surface area contributed by atoms with E-state index in [0.717, 1.165) is 18.8 Å². The number of hydrogen-bond acceptors (Lipinski definition) is 4. The quantitative estimate of drug-likeness (QED) is 0.658. The highest BCUT2D eigenvalue weighted by atomic mass is 16.5. The molecule has 0 aromatic heterocycles. The molecule has 0 spiro atoms. The van der Waals surface area contributed by atoms with E-state index in [0.29, 0.717) is 12.0 Å². The van der Waals surface area contributed by atoms with Crippen LogP contribution in [0.4, 0.5) is 5.69 Å². The van der Waals surface area contributed by atoms with E-state index in [1.54, 1.807) is 7.11 Å². The van der Waals surface area contributed by atoms with Gasteiger partial charge in [-0.15, -0.1) is 0 Å². The third-order valence-electron chi connectivity index (χ3n) is 6.74. The van der Waals surface area contributed by atoms with Gasteiger partial charge in [-0.25, -0.2) is 10.9 Å². The Morgan fingerprint density at radius 3 is 2.50 bits per heavy atom. The van der Waals surface area contributed by atoms with Gasteiger partial charge in [0.15, 0.2) is 0 Å². The molecule has 0 saturated carbocycles. The van der Waals surface area contributed by atoms with Gasteiger partial charge in [-0.2, -0.15) is 0 Å². The molecule has 3 aromatic carbocycles. The Bertz CT molecular complexity index is 1060. The Kier molecular flexibility index (Phi) is 4.97. The van der Waals surface area contributed by atoms with Crippen LogP contribution in [-0.2, 0) is 6.54 Å². The van der Waals surface area contributed by atoms with Crippen molar-refractivity contribution in [1.82, 2.24) is 10.9 Å². The summed E-state index contributed by atoms with van der Waals surface area (Å²) in [5, 5.41) is 0. The molecule has 154 valence electrons. The second-order valence-corrected chi connectivity index (χ2v) is 8.50. The molecule has 2 aliphatic rings. The number of benzene rings is 3. The van der Waals surface area contributed by atoms with Gasteiger partial charge in [-0.3, -0.25) is 0 Å². The van der Waals surface area contributed by atoms with E-state index < -0.39 is 0 Å². The largest absolute Gasteiger partial charge is 0.496 e. The highest BCUT2D eigenvalue weighted by Gasteiger charge is 2.43. The molecule has 4 heteroatoms. The molecule has 0 radical (unpaired) electrons. The average molecular weight is 400 g/mol. The van der Waals surface area contributed by atoms with Gasteiger partial charge in [-0.1, -0.05) is 54.6 Å². The van der Waals surface area contributed by atoms with Crippen LogP contribution in [0.5, 0.6) is 5.75 Å². The minimum atomic E-state index is 0.280. The smallest absolute Gasteiger partial charge is 0.123 e. The fraction of sp³-hybridized carbons (Fsp3) is 0.308. The fourth-order valence-electron chi connectivity index (χ4n) is 4.97. The van der Waals surface area contributed by atoms with Crippen LogP contribution in [0, 0.1) is 19.8 Å². The molecule has 2 heterocycles. The summed E-state index contributed by atoms with van der Waals surface area (Å²) in [5.74, 6) is 1.39. The molecule has 4 nitrogen and oxygen atoms in total. The number of hydrazine groups is 1. The monoisotopic (exact) mass is 399 g/mol. The van der Waals surface area contributed by atoms with Crippen molar-refractivity contribution in [1.29, 1.82) is 0 Å². The summed E-state index contributed by atoms with van der Waals surface area (Å²) < 4.78 is 5.62. The number of anilines is 1. The van der Waals surface area contributed by atoms with E-state index >= 15 is 0 Å². The Morgan fingerprint density at radius 2 is 1.67 bits per heavy atom. The average Bonchev–Trinajstić information content (AvgIpc) is 3.20. The molecule has 2 aliphatic heterocycles. The van der Waals surface area contributed by atoms with Crippen molar-refractivity contribution in [3.8, 4) is 5.75 Å². The van der Waals surface area contributed by atoms with Crippen LogP contribution in [0.25, 0.3) is 0 Å². The van der Waals surface area contributed by atoms with Crippen LogP contribution < -0.4 is 20.5 Å². The summed E-state index contributed by atoms with van der Waals surface area (Å²) in [6.45, 7) is 6.19. The lowest BCUT2D eigenvalue weighted by atomic mass is 9.81. The minimum absolute atomic E-state index is 0.280. The van der Waals surface area contributed by atoms with Gasteiger partial charge >= 0.3 is 0 Å². The third kappa shape index (κ3) is 3.26. The van der Waals surface area contributed by atoms with E-state index in [4.69, 9.17) is 4.74 Å². The van der Waals surface area contributed by atoms with Crippen molar-refractivity contribution in [2.45, 2.75) is 32.5 Å². The van der Waals surface area contributed by atoms with Crippen molar-refractivity contribution in [2.75, 3.05) is 18.6 Å². The molecule has 1 saturated heterocycles. The summed E-state index contributed by atoms with van der Waals surface area (Å²) in [4.78, 5) is 2.51. The summed E-state index contributed by atoms with van der Waals surface area (Å²) >= 11 is 0. The SMILES string of the molecule is COc1ccccc1CN1CC2C(c3ccc(C)c(C)c3)NNC2c2ccccc21. The molecule has 2 N–H and O–H groups in total. The maximum atomic E-state index is 5.62. The molecule has 1 fully saturated rings. The van der Waals surface area contributed by atoms with Gasteiger partial charge in [0.2, 0.25) is 0 Å². The van der Waals surface area contributed by atoms with Crippen LogP contribution >= 0.6 is 0 Å². The second kappa shape index (κ2) is 7.78. The summed E-state index contributed by atoms with van der Waals surface area (Å²) in [6, 6.07) is 24.6. The lowest BCUT2D eigenvalue weighted by molar-refractivity contribution is 0.393. The van der Waals surface area contributed by atoms with E-state index in [-0.39, 0.29) is 6.04 Å². The lowest BCUT2D eigenvalue weighted by Gasteiger charge is -2.39. The Hall–Kier alpha value is -2.82. The molecule has 3 unspecified atom stereocenters. The Balaban J connectivity index is 1.51. The van der Waals surface area contributed by atoms with Gasteiger partial charge < -0.3 is 9.64 Å². The van der Waals surface area contributed by atoms with Crippen molar-refractivity contribution < 1.29 is 4.74 Å². The van der Waals surface area contributed by atoms with Crippen molar-refractivity contribution in [2.24, 2.45) is 5.92 Å². The van der Waals surface area contributed by atoms with Crippen molar-refractivity contribution >= 4 is 5.69 Å². The number of nitrogens with one attached hydrogen (secondary N) is 2. The number of methoxy groups -OCH3 is 1. The third-order valence-corrected chi connectivity index (χ3v) is 6.74. The number of fused-ring (bicyclic) bond motifs is 3. The zero-order valence-corrected chi connectivity index (χ0v) is 17.9. The van der Waals surface area contributed by atoms with Crippen molar-refractivity contribution in [3.05, 3.63) is 94.5 Å². The lowest BCUT2D eigenvalue weighted by Crippen LogP contribution is -2.39. The zero-order valence-electron chi connectivity index (χ0n) is 17.9. The van der Waals surface area contributed by atoms with Crippen LogP contribution in [0.3, 0.4) is 0 Å². The standard InChI is InChI=1S/C26H29N3O/c1-17-12-13-19(14-18(17)2)25-22-16-29(15-20-8-4-7-11-24(20)30-3)23-10-6-5-9-21(23)26(22)28-27-25/h4-14,22,25-28H,15-16H2,1-3H3. The van der Waals surface area contributed by atoms with E-state index in [1.807, 2.05) is 12.1 Å². The number of rotatable bonds is 4. The van der Waals surface area contributed by atoms with Crippen LogP contribution in [-0.4, -0.2) is 13.7 Å². The Labute approximate surface area is 178 Å².